The first kappa shape index (κ1) is 30.9. The Labute approximate surface area is 271 Å². The van der Waals surface area contributed by atoms with Crippen LogP contribution in [0.5, 0.6) is 23.0 Å². The molecular weight excluding hydrogens is 640 g/mol. The SMILES string of the molecule is COc1cc2c(cc1OC)[C@@H]1[C@@H]3Cc4cc(OC)c(OC)cc4[C@H](COC(=O)/C=C/c4ccc(Br)cn4)N3[C@@H](C#N)[C@H](C2)N1C. The van der Waals surface area contributed by atoms with Crippen molar-refractivity contribution in [3.8, 4) is 29.1 Å². The molecule has 0 amide bonds. The molecule has 2 aromatic carbocycles. The average molecular weight is 676 g/mol. The van der Waals surface area contributed by atoms with Crippen molar-refractivity contribution in [2.75, 3.05) is 42.1 Å². The van der Waals surface area contributed by atoms with Crippen molar-refractivity contribution in [1.29, 1.82) is 5.26 Å². The zero-order valence-electron chi connectivity index (χ0n) is 25.8. The summed E-state index contributed by atoms with van der Waals surface area (Å²) in [5.41, 5.74) is 4.93. The number of carbonyl (C=O) groups is 1. The highest BCUT2D eigenvalue weighted by molar-refractivity contribution is 9.10. The summed E-state index contributed by atoms with van der Waals surface area (Å²) in [7, 11) is 8.59. The maximum atomic E-state index is 13.0. The zero-order valence-corrected chi connectivity index (χ0v) is 27.4. The number of carbonyl (C=O) groups excluding carboxylic acids is 1. The van der Waals surface area contributed by atoms with Crippen LogP contribution in [0.3, 0.4) is 0 Å². The van der Waals surface area contributed by atoms with Gasteiger partial charge in [0.2, 0.25) is 0 Å². The number of rotatable bonds is 8. The number of pyridine rings is 1. The first-order valence-electron chi connectivity index (χ1n) is 14.7. The van der Waals surface area contributed by atoms with Gasteiger partial charge in [-0.05, 0) is 101 Å². The number of methoxy groups -OCH3 is 4. The lowest BCUT2D eigenvalue weighted by Gasteiger charge is -2.59. The predicted molar refractivity (Wildman–Crippen MR) is 170 cm³/mol. The highest BCUT2D eigenvalue weighted by Gasteiger charge is 2.54. The van der Waals surface area contributed by atoms with E-state index in [1.165, 1.54) is 6.08 Å². The molecule has 3 aromatic rings. The summed E-state index contributed by atoms with van der Waals surface area (Å²) in [6, 6.07) is 13.2. The fourth-order valence-electron chi connectivity index (χ4n) is 7.19. The molecule has 3 aliphatic rings. The third kappa shape index (κ3) is 5.52. The molecule has 1 aromatic heterocycles. The molecule has 11 heteroatoms. The minimum atomic E-state index is -0.492. The van der Waals surface area contributed by atoms with Gasteiger partial charge in [0, 0.05) is 28.8 Å². The molecule has 0 aliphatic carbocycles. The predicted octanol–water partition coefficient (Wildman–Crippen LogP) is 4.91. The van der Waals surface area contributed by atoms with Crippen molar-refractivity contribution in [2.24, 2.45) is 0 Å². The fourth-order valence-corrected chi connectivity index (χ4v) is 7.43. The fraction of sp³-hybridized carbons (Fsp3) is 0.382. The van der Waals surface area contributed by atoms with E-state index in [-0.39, 0.29) is 24.7 Å². The van der Waals surface area contributed by atoms with E-state index in [9.17, 15) is 10.1 Å². The van der Waals surface area contributed by atoms with E-state index in [4.69, 9.17) is 23.7 Å². The Bertz CT molecular complexity index is 1670. The number of piperazine rings is 1. The normalized spacial score (nSPS) is 23.7. The highest BCUT2D eigenvalue weighted by atomic mass is 79.9. The van der Waals surface area contributed by atoms with Crippen molar-refractivity contribution in [3.63, 3.8) is 0 Å². The first-order valence-corrected chi connectivity index (χ1v) is 15.5. The number of halogens is 1. The molecule has 2 bridgehead atoms. The lowest BCUT2D eigenvalue weighted by Crippen LogP contribution is -2.68. The molecule has 234 valence electrons. The molecule has 1 fully saturated rings. The van der Waals surface area contributed by atoms with E-state index < -0.39 is 18.1 Å². The van der Waals surface area contributed by atoms with Crippen LogP contribution in [0.2, 0.25) is 0 Å². The smallest absolute Gasteiger partial charge is 0.330 e. The van der Waals surface area contributed by atoms with Crippen LogP contribution in [0.15, 0.2) is 53.1 Å². The van der Waals surface area contributed by atoms with E-state index >= 15 is 0 Å². The summed E-state index contributed by atoms with van der Waals surface area (Å²) in [6.07, 6.45) is 5.99. The van der Waals surface area contributed by atoms with Gasteiger partial charge < -0.3 is 23.7 Å². The summed E-state index contributed by atoms with van der Waals surface area (Å²) in [4.78, 5) is 21.9. The standard InChI is InChI=1S/C34H35BrN4O6/c1-38-25-10-20-13-30(42-3)32(44-5)15-24(20)34(38)26-11-19-12-29(41-2)31(43-4)14-23(19)28(39(26)27(25)16-36)18-45-33(40)9-8-22-7-6-21(35)17-37-22/h6-9,12-15,17,25-28,34H,10-11,18H2,1-5H3/b9-8+/t25-,26-,27-,28-,34+/m0/s1. The number of aromatic nitrogens is 1. The number of esters is 1. The van der Waals surface area contributed by atoms with Gasteiger partial charge >= 0.3 is 5.97 Å². The maximum absolute atomic E-state index is 13.0. The van der Waals surface area contributed by atoms with Gasteiger partial charge in [0.1, 0.15) is 12.6 Å². The molecule has 10 nitrogen and oxygen atoms in total. The van der Waals surface area contributed by atoms with Crippen LogP contribution in [-0.2, 0) is 22.4 Å². The highest BCUT2D eigenvalue weighted by Crippen LogP contribution is 2.52. The monoisotopic (exact) mass is 674 g/mol. The van der Waals surface area contributed by atoms with Crippen LogP contribution in [0, 0.1) is 11.3 Å². The van der Waals surface area contributed by atoms with Crippen LogP contribution >= 0.6 is 15.9 Å². The molecular formula is C34H35BrN4O6. The molecule has 0 radical (unpaired) electrons. The van der Waals surface area contributed by atoms with Crippen LogP contribution in [-0.4, -0.2) is 81.0 Å². The summed E-state index contributed by atoms with van der Waals surface area (Å²) >= 11 is 3.37. The molecule has 0 spiro atoms. The second kappa shape index (κ2) is 12.7. The molecule has 0 N–H and O–H groups in total. The zero-order chi connectivity index (χ0) is 31.8. The second-order valence-corrected chi connectivity index (χ2v) is 12.3. The Morgan fingerprint density at radius 3 is 2.16 bits per heavy atom. The Kier molecular flexibility index (Phi) is 8.73. The summed E-state index contributed by atoms with van der Waals surface area (Å²) < 4.78 is 29.4. The Morgan fingerprint density at radius 2 is 1.56 bits per heavy atom. The average Bonchev–Trinajstić information content (AvgIpc) is 3.05. The van der Waals surface area contributed by atoms with E-state index in [2.05, 4.69) is 49.9 Å². The van der Waals surface area contributed by atoms with Crippen molar-refractivity contribution in [3.05, 3.63) is 81.1 Å². The van der Waals surface area contributed by atoms with Crippen molar-refractivity contribution < 1.29 is 28.5 Å². The van der Waals surface area contributed by atoms with Crippen molar-refractivity contribution in [1.82, 2.24) is 14.8 Å². The number of ether oxygens (including phenoxy) is 5. The van der Waals surface area contributed by atoms with Gasteiger partial charge in [-0.15, -0.1) is 0 Å². The Morgan fingerprint density at radius 1 is 0.956 bits per heavy atom. The quantitative estimate of drug-likeness (QED) is 0.242. The van der Waals surface area contributed by atoms with Crippen LogP contribution < -0.4 is 18.9 Å². The van der Waals surface area contributed by atoms with Gasteiger partial charge in [0.15, 0.2) is 23.0 Å². The Balaban J connectivity index is 1.41. The molecule has 6 rings (SSSR count). The van der Waals surface area contributed by atoms with Gasteiger partial charge in [-0.3, -0.25) is 14.8 Å². The number of likely N-dealkylation sites (N-methyl/N-ethyl adjacent to an activating group) is 1. The molecule has 3 aliphatic heterocycles. The number of hydrogen-bond acceptors (Lipinski definition) is 10. The van der Waals surface area contributed by atoms with Crippen LogP contribution in [0.25, 0.3) is 6.08 Å². The number of hydrogen-bond donors (Lipinski definition) is 0. The van der Waals surface area contributed by atoms with Crippen LogP contribution in [0.1, 0.15) is 40.0 Å². The molecule has 0 unspecified atom stereocenters. The third-order valence-electron chi connectivity index (χ3n) is 9.24. The van der Waals surface area contributed by atoms with Crippen molar-refractivity contribution >= 4 is 28.0 Å². The molecule has 1 saturated heterocycles. The summed E-state index contributed by atoms with van der Waals surface area (Å²) in [5.74, 6) is 2.05. The van der Waals surface area contributed by atoms with Gasteiger partial charge in [0.05, 0.1) is 52.3 Å². The lowest BCUT2D eigenvalue weighted by atomic mass is 9.72. The molecule has 5 atom stereocenters. The number of fused-ring (bicyclic) bond motifs is 7. The lowest BCUT2D eigenvalue weighted by molar-refractivity contribution is -0.143. The summed E-state index contributed by atoms with van der Waals surface area (Å²) in [5, 5.41) is 10.7. The molecule has 45 heavy (non-hydrogen) atoms. The van der Waals surface area contributed by atoms with Gasteiger partial charge in [0.25, 0.3) is 0 Å². The Hall–Kier alpha value is -4.11. The third-order valence-corrected chi connectivity index (χ3v) is 9.71. The number of nitrogens with zero attached hydrogens (tertiary/aromatic N) is 4. The van der Waals surface area contributed by atoms with Gasteiger partial charge in [-0.1, -0.05) is 0 Å². The van der Waals surface area contributed by atoms with E-state index in [1.54, 1.807) is 46.8 Å². The van der Waals surface area contributed by atoms with Gasteiger partial charge in [-0.25, -0.2) is 4.79 Å². The number of nitriles is 1. The number of benzene rings is 2. The van der Waals surface area contributed by atoms with Gasteiger partial charge in [-0.2, -0.15) is 5.26 Å². The minimum absolute atomic E-state index is 0.0500. The van der Waals surface area contributed by atoms with Crippen molar-refractivity contribution in [2.45, 2.75) is 43.1 Å². The molecule has 4 heterocycles. The maximum Gasteiger partial charge on any atom is 0.330 e. The van der Waals surface area contributed by atoms with E-state index in [0.717, 1.165) is 26.7 Å². The van der Waals surface area contributed by atoms with Crippen LogP contribution in [0.4, 0.5) is 0 Å². The molecule has 0 saturated carbocycles. The minimum Gasteiger partial charge on any atom is -0.493 e. The summed E-state index contributed by atoms with van der Waals surface area (Å²) in [6.45, 7) is 0.0516. The second-order valence-electron chi connectivity index (χ2n) is 11.4. The topological polar surface area (TPSA) is 106 Å². The first-order chi connectivity index (χ1) is 21.8. The van der Waals surface area contributed by atoms with E-state index in [1.807, 2.05) is 24.3 Å². The van der Waals surface area contributed by atoms with E-state index in [0.29, 0.717) is 41.5 Å². The largest absolute Gasteiger partial charge is 0.493 e.